The van der Waals surface area contributed by atoms with Crippen molar-refractivity contribution in [3.05, 3.63) is 64.0 Å². The van der Waals surface area contributed by atoms with Gasteiger partial charge in [-0.25, -0.2) is 9.59 Å². The number of rotatable bonds is 3. The third-order valence-electron chi connectivity index (χ3n) is 4.93. The maximum atomic E-state index is 12.8. The van der Waals surface area contributed by atoms with Crippen LogP contribution in [0.4, 0.5) is 0 Å². The molecule has 3 aromatic rings. The first-order valence-electron chi connectivity index (χ1n) is 8.96. The number of ether oxygens (including phenoxy) is 4. The first-order valence-corrected chi connectivity index (χ1v) is 8.96. The number of fused-ring (bicyclic) bond motifs is 4. The van der Waals surface area contributed by atoms with E-state index < -0.39 is 23.6 Å². The molecule has 0 fully saturated rings. The van der Waals surface area contributed by atoms with Crippen molar-refractivity contribution >= 4 is 16.9 Å². The number of carbonyl (C=O) groups excluding carboxylic acids is 1. The molecule has 2 aliphatic heterocycles. The number of para-hydroxylation sites is 1. The van der Waals surface area contributed by atoms with Crippen molar-refractivity contribution in [1.29, 1.82) is 0 Å². The molecule has 28 heavy (non-hydrogen) atoms. The topological polar surface area (TPSA) is 84.2 Å². The van der Waals surface area contributed by atoms with Crippen LogP contribution in [0.2, 0.25) is 0 Å². The lowest BCUT2D eigenvalue weighted by Crippen LogP contribution is -2.32. The first kappa shape index (κ1) is 16.7. The third kappa shape index (κ3) is 2.43. The van der Waals surface area contributed by atoms with Gasteiger partial charge in [0.25, 0.3) is 0 Å². The predicted molar refractivity (Wildman–Crippen MR) is 97.9 cm³/mol. The predicted octanol–water partition coefficient (Wildman–Crippen LogP) is 2.98. The van der Waals surface area contributed by atoms with Crippen LogP contribution in [0.3, 0.4) is 0 Å². The van der Waals surface area contributed by atoms with Crippen molar-refractivity contribution in [2.45, 2.75) is 18.9 Å². The van der Waals surface area contributed by atoms with E-state index in [0.29, 0.717) is 39.3 Å². The number of hydrogen-bond acceptors (Lipinski definition) is 7. The second-order valence-corrected chi connectivity index (χ2v) is 6.51. The van der Waals surface area contributed by atoms with Gasteiger partial charge in [0.15, 0.2) is 11.5 Å². The zero-order chi connectivity index (χ0) is 19.3. The van der Waals surface area contributed by atoms with Gasteiger partial charge < -0.3 is 23.4 Å². The Morgan fingerprint density at radius 3 is 2.82 bits per heavy atom. The Morgan fingerprint density at radius 2 is 1.96 bits per heavy atom. The van der Waals surface area contributed by atoms with Crippen molar-refractivity contribution in [1.82, 2.24) is 0 Å². The molecule has 7 heteroatoms. The minimum Gasteiger partial charge on any atom is -0.476 e. The second-order valence-electron chi connectivity index (χ2n) is 6.51. The maximum absolute atomic E-state index is 12.8. The lowest BCUT2D eigenvalue weighted by molar-refractivity contribution is -0.151. The molecule has 5 rings (SSSR count). The normalized spacial score (nSPS) is 19.3. The third-order valence-corrected chi connectivity index (χ3v) is 4.93. The van der Waals surface area contributed by atoms with Crippen molar-refractivity contribution in [2.75, 3.05) is 13.4 Å². The number of benzene rings is 2. The van der Waals surface area contributed by atoms with E-state index in [9.17, 15) is 9.59 Å². The summed E-state index contributed by atoms with van der Waals surface area (Å²) in [6.45, 7) is 2.06. The second kappa shape index (κ2) is 6.30. The van der Waals surface area contributed by atoms with E-state index in [1.807, 2.05) is 6.07 Å². The van der Waals surface area contributed by atoms with Gasteiger partial charge in [-0.1, -0.05) is 18.2 Å². The van der Waals surface area contributed by atoms with E-state index in [-0.39, 0.29) is 13.4 Å². The molecule has 142 valence electrons. The summed E-state index contributed by atoms with van der Waals surface area (Å²) in [7, 11) is 0. The lowest BCUT2D eigenvalue weighted by Gasteiger charge is -2.17. The van der Waals surface area contributed by atoms with Gasteiger partial charge >= 0.3 is 11.6 Å². The Kier molecular flexibility index (Phi) is 3.75. The van der Waals surface area contributed by atoms with Gasteiger partial charge in [0.05, 0.1) is 23.5 Å². The zero-order valence-corrected chi connectivity index (χ0v) is 15.0. The molecular formula is C21H16O7. The fourth-order valence-corrected chi connectivity index (χ4v) is 3.73. The van der Waals surface area contributed by atoms with Gasteiger partial charge in [-0.15, -0.1) is 0 Å². The SMILES string of the molecule is CCOC(=O)[C@H]1Oc2c(c(=O)oc3ccccc23)[C@H]1c1ccc2c(c1)OCO2. The van der Waals surface area contributed by atoms with E-state index in [4.69, 9.17) is 23.4 Å². The summed E-state index contributed by atoms with van der Waals surface area (Å²) < 4.78 is 27.5. The standard InChI is InChI=1S/C21H16O7/c1-2-24-21(23)19-16(11-7-8-14-15(9-11)26-10-25-14)17-18(28-19)12-5-3-4-6-13(12)27-20(17)22/h3-9,16,19H,2,10H2,1H3/t16-,19+/m1/s1. The summed E-state index contributed by atoms with van der Waals surface area (Å²) in [5.41, 5.74) is 0.850. The van der Waals surface area contributed by atoms with Gasteiger partial charge in [0.2, 0.25) is 12.9 Å². The summed E-state index contributed by atoms with van der Waals surface area (Å²) in [4.78, 5) is 25.5. The van der Waals surface area contributed by atoms with Crippen molar-refractivity contribution in [2.24, 2.45) is 0 Å². The molecule has 0 N–H and O–H groups in total. The highest BCUT2D eigenvalue weighted by atomic mass is 16.7. The van der Waals surface area contributed by atoms with E-state index >= 15 is 0 Å². The average Bonchev–Trinajstić information content (AvgIpc) is 3.33. The van der Waals surface area contributed by atoms with E-state index in [1.54, 1.807) is 43.3 Å². The zero-order valence-electron chi connectivity index (χ0n) is 15.0. The fourth-order valence-electron chi connectivity index (χ4n) is 3.73. The largest absolute Gasteiger partial charge is 0.476 e. The molecule has 7 nitrogen and oxygen atoms in total. The van der Waals surface area contributed by atoms with Gasteiger partial charge in [0, 0.05) is 0 Å². The maximum Gasteiger partial charge on any atom is 0.348 e. The van der Waals surface area contributed by atoms with Crippen molar-refractivity contribution in [3.63, 3.8) is 0 Å². The van der Waals surface area contributed by atoms with Gasteiger partial charge in [-0.3, -0.25) is 0 Å². The highest BCUT2D eigenvalue weighted by Gasteiger charge is 2.45. The van der Waals surface area contributed by atoms with Crippen LogP contribution >= 0.6 is 0 Å². The van der Waals surface area contributed by atoms with Crippen LogP contribution in [-0.4, -0.2) is 25.5 Å². The highest BCUT2D eigenvalue weighted by molar-refractivity contribution is 5.88. The molecule has 0 saturated carbocycles. The average molecular weight is 380 g/mol. The van der Waals surface area contributed by atoms with Crippen molar-refractivity contribution in [3.8, 4) is 17.2 Å². The smallest absolute Gasteiger partial charge is 0.348 e. The van der Waals surface area contributed by atoms with Gasteiger partial charge in [-0.05, 0) is 36.8 Å². The highest BCUT2D eigenvalue weighted by Crippen LogP contribution is 2.46. The van der Waals surface area contributed by atoms with Crippen LogP contribution in [0.1, 0.15) is 24.0 Å². The number of esters is 1. The quantitative estimate of drug-likeness (QED) is 0.510. The van der Waals surface area contributed by atoms with Gasteiger partial charge in [-0.2, -0.15) is 0 Å². The molecule has 3 heterocycles. The number of carbonyl (C=O) groups is 1. The van der Waals surface area contributed by atoms with E-state index in [2.05, 4.69) is 0 Å². The van der Waals surface area contributed by atoms with Crippen LogP contribution in [0.15, 0.2) is 51.7 Å². The monoisotopic (exact) mass is 380 g/mol. The van der Waals surface area contributed by atoms with Crippen LogP contribution in [0, 0.1) is 0 Å². The molecule has 0 spiro atoms. The summed E-state index contributed by atoms with van der Waals surface area (Å²) in [5.74, 6) is 0.307. The molecule has 2 aromatic carbocycles. The molecule has 2 atom stereocenters. The summed E-state index contributed by atoms with van der Waals surface area (Å²) >= 11 is 0. The van der Waals surface area contributed by atoms with Crippen LogP contribution in [0.25, 0.3) is 11.0 Å². The Bertz CT molecular complexity index is 1150. The fraction of sp³-hybridized carbons (Fsp3) is 0.238. The molecule has 2 aliphatic rings. The molecule has 0 amide bonds. The Hall–Kier alpha value is -3.48. The lowest BCUT2D eigenvalue weighted by atomic mass is 9.88. The minimum absolute atomic E-state index is 0.130. The molecular weight excluding hydrogens is 364 g/mol. The molecule has 0 unspecified atom stereocenters. The Balaban J connectivity index is 1.72. The van der Waals surface area contributed by atoms with E-state index in [1.165, 1.54) is 0 Å². The molecule has 0 saturated heterocycles. The van der Waals surface area contributed by atoms with Gasteiger partial charge in [0.1, 0.15) is 11.3 Å². The summed E-state index contributed by atoms with van der Waals surface area (Å²) in [5, 5.41) is 0.634. The minimum atomic E-state index is -0.996. The van der Waals surface area contributed by atoms with Crippen molar-refractivity contribution < 1.29 is 28.2 Å². The molecule has 0 aliphatic carbocycles. The van der Waals surface area contributed by atoms with E-state index in [0.717, 1.165) is 0 Å². The van der Waals surface area contributed by atoms with Crippen LogP contribution in [0.5, 0.6) is 17.2 Å². The van der Waals surface area contributed by atoms with Crippen LogP contribution in [-0.2, 0) is 9.53 Å². The molecule has 1 aromatic heterocycles. The Labute approximate surface area is 159 Å². The molecule has 0 bridgehead atoms. The summed E-state index contributed by atoms with van der Waals surface area (Å²) in [6, 6.07) is 12.4. The summed E-state index contributed by atoms with van der Waals surface area (Å²) in [6.07, 6.45) is -0.996. The van der Waals surface area contributed by atoms with Crippen LogP contribution < -0.4 is 19.8 Å². The Morgan fingerprint density at radius 1 is 1.14 bits per heavy atom. The molecule has 0 radical (unpaired) electrons. The first-order chi connectivity index (χ1) is 13.7. The number of hydrogen-bond donors (Lipinski definition) is 0.